The number of carbonyl (C=O) groups excluding carboxylic acids is 1. The van der Waals surface area contributed by atoms with E-state index < -0.39 is 0 Å². The molecule has 0 atom stereocenters. The second kappa shape index (κ2) is 5.71. The fourth-order valence-electron chi connectivity index (χ4n) is 2.03. The Balaban J connectivity index is 2.11. The van der Waals surface area contributed by atoms with E-state index in [1.165, 1.54) is 5.56 Å². The van der Waals surface area contributed by atoms with E-state index >= 15 is 0 Å². The van der Waals surface area contributed by atoms with Crippen LogP contribution in [0.2, 0.25) is 0 Å². The Kier molecular flexibility index (Phi) is 4.24. The van der Waals surface area contributed by atoms with E-state index in [1.54, 1.807) is 4.90 Å². The summed E-state index contributed by atoms with van der Waals surface area (Å²) in [6, 6.07) is 3.99. The molecule has 98 valence electrons. The number of urea groups is 1. The van der Waals surface area contributed by atoms with Gasteiger partial charge in [0.25, 0.3) is 0 Å². The Morgan fingerprint density at radius 1 is 1.33 bits per heavy atom. The highest BCUT2D eigenvalue weighted by atomic mass is 79.9. The highest BCUT2D eigenvalue weighted by Crippen LogP contribution is 2.28. The molecule has 18 heavy (non-hydrogen) atoms. The van der Waals surface area contributed by atoms with Crippen LogP contribution in [-0.4, -0.2) is 37.2 Å². The van der Waals surface area contributed by atoms with Crippen molar-refractivity contribution in [1.82, 2.24) is 4.90 Å². The van der Waals surface area contributed by atoms with Gasteiger partial charge in [-0.2, -0.15) is 0 Å². The molecule has 1 aliphatic heterocycles. The van der Waals surface area contributed by atoms with Crippen molar-refractivity contribution in [2.24, 2.45) is 0 Å². The zero-order valence-electron chi connectivity index (χ0n) is 10.6. The molecule has 0 aromatic heterocycles. The van der Waals surface area contributed by atoms with Crippen LogP contribution >= 0.6 is 15.9 Å². The first-order valence-electron chi connectivity index (χ1n) is 5.98. The Morgan fingerprint density at radius 2 is 2.00 bits per heavy atom. The number of amides is 2. The van der Waals surface area contributed by atoms with Crippen molar-refractivity contribution < 1.29 is 9.53 Å². The average Bonchev–Trinajstić information content (AvgIpc) is 2.34. The number of halogens is 1. The number of ether oxygens (including phenoxy) is 1. The van der Waals surface area contributed by atoms with Gasteiger partial charge >= 0.3 is 6.03 Å². The van der Waals surface area contributed by atoms with Crippen LogP contribution < -0.4 is 5.32 Å². The van der Waals surface area contributed by atoms with Crippen molar-refractivity contribution in [3.8, 4) is 0 Å². The second-order valence-electron chi connectivity index (χ2n) is 4.47. The van der Waals surface area contributed by atoms with Gasteiger partial charge in [0.2, 0.25) is 0 Å². The fourth-order valence-corrected chi connectivity index (χ4v) is 2.80. The summed E-state index contributed by atoms with van der Waals surface area (Å²) < 4.78 is 6.15. The summed E-state index contributed by atoms with van der Waals surface area (Å²) in [5.41, 5.74) is 3.07. The molecule has 1 saturated heterocycles. The lowest BCUT2D eigenvalue weighted by molar-refractivity contribution is 0.0564. The van der Waals surface area contributed by atoms with E-state index in [9.17, 15) is 4.79 Å². The molecule has 0 radical (unpaired) electrons. The van der Waals surface area contributed by atoms with Gasteiger partial charge in [-0.15, -0.1) is 0 Å². The van der Waals surface area contributed by atoms with Crippen LogP contribution in [0.3, 0.4) is 0 Å². The van der Waals surface area contributed by atoms with Crippen LogP contribution in [0.25, 0.3) is 0 Å². The van der Waals surface area contributed by atoms with Gasteiger partial charge in [0.15, 0.2) is 0 Å². The van der Waals surface area contributed by atoms with Crippen LogP contribution in [0.15, 0.2) is 16.6 Å². The zero-order chi connectivity index (χ0) is 13.1. The highest BCUT2D eigenvalue weighted by Gasteiger charge is 2.18. The van der Waals surface area contributed by atoms with Gasteiger partial charge in [-0.05, 0) is 47.0 Å². The molecule has 0 bridgehead atoms. The minimum Gasteiger partial charge on any atom is -0.378 e. The standard InChI is InChI=1S/C13H17BrN2O2/c1-9-7-10(2)12(11(14)8-9)15-13(17)16-3-5-18-6-4-16/h7-8H,3-6H2,1-2H3,(H,15,17). The van der Waals surface area contributed by atoms with Crippen LogP contribution in [0.5, 0.6) is 0 Å². The zero-order valence-corrected chi connectivity index (χ0v) is 12.2. The molecule has 1 aromatic rings. The first kappa shape index (κ1) is 13.4. The summed E-state index contributed by atoms with van der Waals surface area (Å²) in [4.78, 5) is 13.9. The van der Waals surface area contributed by atoms with Gasteiger partial charge in [-0.3, -0.25) is 0 Å². The fraction of sp³-hybridized carbons (Fsp3) is 0.462. The van der Waals surface area contributed by atoms with E-state index in [1.807, 2.05) is 19.9 Å². The first-order valence-corrected chi connectivity index (χ1v) is 6.77. The third-order valence-corrected chi connectivity index (χ3v) is 3.59. The Labute approximate surface area is 115 Å². The number of rotatable bonds is 1. The van der Waals surface area contributed by atoms with Crippen molar-refractivity contribution in [2.45, 2.75) is 13.8 Å². The van der Waals surface area contributed by atoms with Crippen molar-refractivity contribution in [2.75, 3.05) is 31.6 Å². The predicted octanol–water partition coefficient (Wildman–Crippen LogP) is 2.93. The molecule has 0 spiro atoms. The number of anilines is 1. The maximum Gasteiger partial charge on any atom is 0.322 e. The first-order chi connectivity index (χ1) is 8.58. The van der Waals surface area contributed by atoms with Crippen LogP contribution in [0.1, 0.15) is 11.1 Å². The van der Waals surface area contributed by atoms with Crippen LogP contribution in [0.4, 0.5) is 10.5 Å². The maximum absolute atomic E-state index is 12.1. The topological polar surface area (TPSA) is 41.6 Å². The number of nitrogens with one attached hydrogen (secondary N) is 1. The molecular formula is C13H17BrN2O2. The smallest absolute Gasteiger partial charge is 0.322 e. The highest BCUT2D eigenvalue weighted by molar-refractivity contribution is 9.10. The van der Waals surface area contributed by atoms with Gasteiger partial charge < -0.3 is 15.0 Å². The summed E-state index contributed by atoms with van der Waals surface area (Å²) in [6.45, 7) is 6.55. The quantitative estimate of drug-likeness (QED) is 0.866. The molecule has 1 heterocycles. The lowest BCUT2D eigenvalue weighted by Gasteiger charge is -2.27. The van der Waals surface area contributed by atoms with Gasteiger partial charge in [-0.25, -0.2) is 4.79 Å². The van der Waals surface area contributed by atoms with Crippen LogP contribution in [-0.2, 0) is 4.74 Å². The van der Waals surface area contributed by atoms with Gasteiger partial charge in [0.1, 0.15) is 0 Å². The van der Waals surface area contributed by atoms with E-state index in [4.69, 9.17) is 4.74 Å². The molecular weight excluding hydrogens is 296 g/mol. The number of nitrogens with zero attached hydrogens (tertiary/aromatic N) is 1. The Hall–Kier alpha value is -1.07. The van der Waals surface area contributed by atoms with Gasteiger partial charge in [0.05, 0.1) is 18.9 Å². The molecule has 1 aliphatic rings. The van der Waals surface area contributed by atoms with Gasteiger partial charge in [-0.1, -0.05) is 6.07 Å². The molecule has 1 aromatic carbocycles. The monoisotopic (exact) mass is 312 g/mol. The summed E-state index contributed by atoms with van der Waals surface area (Å²) >= 11 is 3.49. The minimum atomic E-state index is -0.0639. The number of morpholine rings is 1. The number of hydrogen-bond donors (Lipinski definition) is 1. The third kappa shape index (κ3) is 3.03. The molecule has 5 heteroatoms. The second-order valence-corrected chi connectivity index (χ2v) is 5.32. The van der Waals surface area contributed by atoms with Crippen molar-refractivity contribution in [3.05, 3.63) is 27.7 Å². The number of benzene rings is 1. The molecule has 0 aliphatic carbocycles. The number of hydrogen-bond acceptors (Lipinski definition) is 2. The largest absolute Gasteiger partial charge is 0.378 e. The summed E-state index contributed by atoms with van der Waals surface area (Å²) in [5.74, 6) is 0. The molecule has 1 fully saturated rings. The Morgan fingerprint density at radius 3 is 2.61 bits per heavy atom. The third-order valence-electron chi connectivity index (χ3n) is 2.96. The Bertz CT molecular complexity index is 433. The van der Waals surface area contributed by atoms with E-state index in [0.29, 0.717) is 26.3 Å². The molecule has 0 unspecified atom stereocenters. The number of carbonyl (C=O) groups is 1. The lowest BCUT2D eigenvalue weighted by Crippen LogP contribution is -2.43. The van der Waals surface area contributed by atoms with E-state index in [0.717, 1.165) is 15.7 Å². The lowest BCUT2D eigenvalue weighted by atomic mass is 10.1. The summed E-state index contributed by atoms with van der Waals surface area (Å²) in [5, 5.41) is 2.96. The minimum absolute atomic E-state index is 0.0639. The molecule has 4 nitrogen and oxygen atoms in total. The van der Waals surface area contributed by atoms with E-state index in [2.05, 4.69) is 27.3 Å². The van der Waals surface area contributed by atoms with Crippen molar-refractivity contribution in [1.29, 1.82) is 0 Å². The number of aryl methyl sites for hydroxylation is 2. The maximum atomic E-state index is 12.1. The molecule has 0 saturated carbocycles. The average molecular weight is 313 g/mol. The van der Waals surface area contributed by atoms with Gasteiger partial charge in [0, 0.05) is 17.6 Å². The normalized spacial score (nSPS) is 15.6. The summed E-state index contributed by atoms with van der Waals surface area (Å²) in [6.07, 6.45) is 0. The van der Waals surface area contributed by atoms with Crippen molar-refractivity contribution >= 4 is 27.6 Å². The SMILES string of the molecule is Cc1cc(C)c(NC(=O)N2CCOCC2)c(Br)c1. The molecule has 2 rings (SSSR count). The predicted molar refractivity (Wildman–Crippen MR) is 75.0 cm³/mol. The van der Waals surface area contributed by atoms with Crippen molar-refractivity contribution in [3.63, 3.8) is 0 Å². The molecule has 1 N–H and O–H groups in total. The molecule has 2 amide bonds. The summed E-state index contributed by atoms with van der Waals surface area (Å²) in [7, 11) is 0. The van der Waals surface area contributed by atoms with E-state index in [-0.39, 0.29) is 6.03 Å². The van der Waals surface area contributed by atoms with Crippen LogP contribution in [0, 0.1) is 13.8 Å².